The fourth-order valence-electron chi connectivity index (χ4n) is 2.28. The molecule has 1 aromatic heterocycles. The number of sulfonamides is 1. The Hall–Kier alpha value is -2.15. The summed E-state index contributed by atoms with van der Waals surface area (Å²) in [5.41, 5.74) is 0.822. The zero-order valence-electron chi connectivity index (χ0n) is 10.9. The van der Waals surface area contributed by atoms with E-state index in [0.717, 1.165) is 4.31 Å². The summed E-state index contributed by atoms with van der Waals surface area (Å²) in [5.74, 6) is -0.459. The molecule has 1 aliphatic rings. The highest BCUT2D eigenvalue weighted by molar-refractivity contribution is 7.93. The van der Waals surface area contributed by atoms with E-state index in [1.54, 1.807) is 29.1 Å². The summed E-state index contributed by atoms with van der Waals surface area (Å²) in [6.45, 7) is 2.50. The second-order valence-corrected chi connectivity index (χ2v) is 6.26. The lowest BCUT2D eigenvalue weighted by atomic mass is 10.1. The van der Waals surface area contributed by atoms with Crippen molar-refractivity contribution in [1.82, 2.24) is 9.78 Å². The largest absolute Gasteiger partial charge is 0.273 e. The van der Waals surface area contributed by atoms with Crippen molar-refractivity contribution in [3.63, 3.8) is 0 Å². The van der Waals surface area contributed by atoms with Crippen LogP contribution in [0.15, 0.2) is 41.6 Å². The number of carbonyl (C=O) groups excluding carboxylic acids is 1. The number of benzene rings is 1. The number of hydrogen-bond donors (Lipinski definition) is 0. The van der Waals surface area contributed by atoms with E-state index in [1.807, 2.05) is 6.92 Å². The first-order chi connectivity index (χ1) is 9.54. The highest BCUT2D eigenvalue weighted by Gasteiger charge is 2.38. The second kappa shape index (κ2) is 4.45. The predicted octanol–water partition coefficient (Wildman–Crippen LogP) is 1.18. The van der Waals surface area contributed by atoms with Crippen LogP contribution in [-0.4, -0.2) is 24.1 Å². The van der Waals surface area contributed by atoms with Crippen molar-refractivity contribution < 1.29 is 13.2 Å². The lowest BCUT2D eigenvalue weighted by Gasteiger charge is -2.26. The van der Waals surface area contributed by atoms with E-state index in [0.29, 0.717) is 12.1 Å². The number of aryl methyl sites for hydroxylation is 1. The first-order valence-corrected chi connectivity index (χ1v) is 7.66. The molecule has 3 rings (SSSR count). The van der Waals surface area contributed by atoms with Gasteiger partial charge in [0.1, 0.15) is 0 Å². The van der Waals surface area contributed by atoms with Gasteiger partial charge in [-0.05, 0) is 18.6 Å². The van der Waals surface area contributed by atoms with Crippen molar-refractivity contribution in [2.24, 2.45) is 0 Å². The van der Waals surface area contributed by atoms with Crippen molar-refractivity contribution in [2.45, 2.75) is 24.8 Å². The van der Waals surface area contributed by atoms with Crippen LogP contribution < -0.4 is 4.31 Å². The fraction of sp³-hybridized carbons (Fsp3) is 0.231. The average molecular weight is 291 g/mol. The van der Waals surface area contributed by atoms with Crippen LogP contribution in [0.1, 0.15) is 12.5 Å². The van der Waals surface area contributed by atoms with Crippen LogP contribution in [0.2, 0.25) is 0 Å². The SMILES string of the molecule is CCn1cc(N2C(=O)Cc3ccccc3S2(=O)=O)cn1. The topological polar surface area (TPSA) is 72.3 Å². The minimum absolute atomic E-state index is 0.0761. The summed E-state index contributed by atoms with van der Waals surface area (Å²) >= 11 is 0. The lowest BCUT2D eigenvalue weighted by Crippen LogP contribution is -2.42. The maximum atomic E-state index is 12.6. The number of amides is 1. The third-order valence-electron chi connectivity index (χ3n) is 3.24. The molecule has 0 radical (unpaired) electrons. The van der Waals surface area contributed by atoms with E-state index >= 15 is 0 Å². The second-order valence-electron chi connectivity index (χ2n) is 4.50. The van der Waals surface area contributed by atoms with E-state index in [2.05, 4.69) is 5.10 Å². The fourth-order valence-corrected chi connectivity index (χ4v) is 3.91. The molecule has 0 aliphatic carbocycles. The Kier molecular flexibility index (Phi) is 2.86. The molecule has 0 bridgehead atoms. The van der Waals surface area contributed by atoms with Gasteiger partial charge in [-0.25, -0.2) is 8.42 Å². The van der Waals surface area contributed by atoms with Gasteiger partial charge in [0.15, 0.2) is 0 Å². The highest BCUT2D eigenvalue weighted by atomic mass is 32.2. The minimum atomic E-state index is -3.85. The van der Waals surface area contributed by atoms with E-state index in [1.165, 1.54) is 12.3 Å². The number of carbonyl (C=O) groups is 1. The molecule has 0 fully saturated rings. The summed E-state index contributed by atoms with van der Waals surface area (Å²) in [5, 5.41) is 4.02. The van der Waals surface area contributed by atoms with Crippen LogP contribution in [-0.2, 0) is 27.8 Å². The molecule has 0 atom stereocenters. The van der Waals surface area contributed by atoms with E-state index in [-0.39, 0.29) is 17.0 Å². The summed E-state index contributed by atoms with van der Waals surface area (Å²) in [6.07, 6.45) is 3.03. The number of nitrogens with zero attached hydrogens (tertiary/aromatic N) is 3. The smallest absolute Gasteiger partial charge is 0.271 e. The Bertz CT molecular complexity index is 780. The van der Waals surface area contributed by atoms with E-state index in [9.17, 15) is 13.2 Å². The molecule has 0 unspecified atom stereocenters. The minimum Gasteiger partial charge on any atom is -0.273 e. The maximum absolute atomic E-state index is 12.6. The molecule has 1 aromatic carbocycles. The van der Waals surface area contributed by atoms with Gasteiger partial charge in [-0.1, -0.05) is 18.2 Å². The van der Waals surface area contributed by atoms with Crippen LogP contribution in [0.3, 0.4) is 0 Å². The molecule has 1 amide bonds. The van der Waals surface area contributed by atoms with Crippen molar-refractivity contribution in [2.75, 3.05) is 4.31 Å². The molecule has 0 saturated heterocycles. The summed E-state index contributed by atoms with van der Waals surface area (Å²) in [6, 6.07) is 6.57. The molecule has 104 valence electrons. The highest BCUT2D eigenvalue weighted by Crippen LogP contribution is 2.30. The predicted molar refractivity (Wildman–Crippen MR) is 72.7 cm³/mol. The van der Waals surface area contributed by atoms with Crippen LogP contribution in [0.5, 0.6) is 0 Å². The number of fused-ring (bicyclic) bond motifs is 1. The number of hydrogen-bond acceptors (Lipinski definition) is 4. The Labute approximate surface area is 116 Å². The first kappa shape index (κ1) is 12.9. The molecule has 0 spiro atoms. The number of rotatable bonds is 2. The van der Waals surface area contributed by atoms with Gasteiger partial charge in [-0.2, -0.15) is 9.40 Å². The number of anilines is 1. The summed E-state index contributed by atoms with van der Waals surface area (Å²) < 4.78 is 27.6. The first-order valence-electron chi connectivity index (χ1n) is 6.22. The Balaban J connectivity index is 2.15. The Morgan fingerprint density at radius 1 is 1.30 bits per heavy atom. The standard InChI is InChI=1S/C13H13N3O3S/c1-2-15-9-11(8-14-15)16-13(17)7-10-5-3-4-6-12(10)20(16,18)19/h3-6,8-9H,2,7H2,1H3. The molecule has 1 aliphatic heterocycles. The summed E-state index contributed by atoms with van der Waals surface area (Å²) in [4.78, 5) is 12.4. The van der Waals surface area contributed by atoms with Crippen molar-refractivity contribution in [3.8, 4) is 0 Å². The zero-order valence-corrected chi connectivity index (χ0v) is 11.7. The van der Waals surface area contributed by atoms with Crippen molar-refractivity contribution in [3.05, 3.63) is 42.2 Å². The van der Waals surface area contributed by atoms with Gasteiger partial charge in [0.05, 0.1) is 23.2 Å². The number of aromatic nitrogens is 2. The van der Waals surface area contributed by atoms with Gasteiger partial charge in [-0.3, -0.25) is 9.48 Å². The van der Waals surface area contributed by atoms with Gasteiger partial charge >= 0.3 is 0 Å². The monoisotopic (exact) mass is 291 g/mol. The van der Waals surface area contributed by atoms with Gasteiger partial charge in [0.2, 0.25) is 5.91 Å². The summed E-state index contributed by atoms with van der Waals surface area (Å²) in [7, 11) is -3.85. The molecule has 20 heavy (non-hydrogen) atoms. The van der Waals surface area contributed by atoms with Crippen LogP contribution in [0.4, 0.5) is 5.69 Å². The molecular formula is C13H13N3O3S. The molecule has 7 heteroatoms. The van der Waals surface area contributed by atoms with Crippen molar-refractivity contribution in [1.29, 1.82) is 0 Å². The van der Waals surface area contributed by atoms with Gasteiger partial charge < -0.3 is 0 Å². The lowest BCUT2D eigenvalue weighted by molar-refractivity contribution is -0.117. The van der Waals surface area contributed by atoms with Crippen LogP contribution in [0, 0.1) is 0 Å². The van der Waals surface area contributed by atoms with Gasteiger partial charge in [0, 0.05) is 12.7 Å². The van der Waals surface area contributed by atoms with Crippen molar-refractivity contribution >= 4 is 21.6 Å². The molecular weight excluding hydrogens is 278 g/mol. The Morgan fingerprint density at radius 3 is 2.75 bits per heavy atom. The van der Waals surface area contributed by atoms with E-state index in [4.69, 9.17) is 0 Å². The normalized spacial score (nSPS) is 17.1. The van der Waals surface area contributed by atoms with E-state index < -0.39 is 15.9 Å². The molecule has 2 aromatic rings. The molecule has 2 heterocycles. The molecule has 6 nitrogen and oxygen atoms in total. The van der Waals surface area contributed by atoms with Crippen LogP contribution in [0.25, 0.3) is 0 Å². The average Bonchev–Trinajstić information content (AvgIpc) is 2.86. The van der Waals surface area contributed by atoms with Gasteiger partial charge in [-0.15, -0.1) is 0 Å². The zero-order chi connectivity index (χ0) is 14.3. The molecule has 0 saturated carbocycles. The third kappa shape index (κ3) is 1.82. The molecule has 0 N–H and O–H groups in total. The maximum Gasteiger partial charge on any atom is 0.271 e. The third-order valence-corrected chi connectivity index (χ3v) is 5.09. The Morgan fingerprint density at radius 2 is 2.05 bits per heavy atom. The van der Waals surface area contributed by atoms with Crippen LogP contribution >= 0.6 is 0 Å². The quantitative estimate of drug-likeness (QED) is 0.833. The van der Waals surface area contributed by atoms with Gasteiger partial charge in [0.25, 0.3) is 10.0 Å².